The van der Waals surface area contributed by atoms with Gasteiger partial charge in [-0.15, -0.1) is 11.3 Å². The molecule has 1 aliphatic carbocycles. The molecular formula is C30H25ClFNO5S. The second-order valence-electron chi connectivity index (χ2n) is 9.37. The molecule has 0 spiro atoms. The lowest BCUT2D eigenvalue weighted by Gasteiger charge is -2.16. The number of aliphatic carboxylic acids is 1. The average Bonchev–Trinajstić information content (AvgIpc) is 3.66. The summed E-state index contributed by atoms with van der Waals surface area (Å²) < 4.78 is 25.5. The summed E-state index contributed by atoms with van der Waals surface area (Å²) in [7, 11) is 1.54. The fourth-order valence-corrected chi connectivity index (χ4v) is 5.75. The average molecular weight is 566 g/mol. The van der Waals surface area contributed by atoms with Crippen LogP contribution in [-0.4, -0.2) is 24.3 Å². The summed E-state index contributed by atoms with van der Waals surface area (Å²) in [6, 6.07) is 21.2. The number of hydrogen-bond donors (Lipinski definition) is 2. The normalized spacial score (nSPS) is 14.4. The Bertz CT molecular complexity index is 1550. The minimum Gasteiger partial charge on any atom is -0.496 e. The van der Waals surface area contributed by atoms with Crippen molar-refractivity contribution in [2.24, 2.45) is 0 Å². The van der Waals surface area contributed by atoms with Crippen molar-refractivity contribution in [1.29, 1.82) is 0 Å². The molecule has 0 unspecified atom stereocenters. The van der Waals surface area contributed by atoms with Crippen LogP contribution < -0.4 is 10.1 Å². The molecule has 0 radical (unpaired) electrons. The molecule has 1 atom stereocenters. The van der Waals surface area contributed by atoms with Crippen LogP contribution in [0.25, 0.3) is 21.6 Å². The van der Waals surface area contributed by atoms with Crippen LogP contribution >= 0.6 is 22.9 Å². The van der Waals surface area contributed by atoms with Crippen molar-refractivity contribution in [1.82, 2.24) is 0 Å². The molecule has 1 amide bonds. The van der Waals surface area contributed by atoms with Crippen LogP contribution in [0, 0.1) is 5.13 Å². The highest BCUT2D eigenvalue weighted by atomic mass is 35.5. The Kier molecular flexibility index (Phi) is 7.34. The first-order valence-electron chi connectivity index (χ1n) is 12.3. The zero-order valence-electron chi connectivity index (χ0n) is 21.2. The highest BCUT2D eigenvalue weighted by molar-refractivity contribution is 7.14. The lowest BCUT2D eigenvalue weighted by molar-refractivity contribution is -0.140. The molecule has 3 aromatic carbocycles. The monoisotopic (exact) mass is 565 g/mol. The number of carbonyl (C=O) groups excluding carboxylic acids is 1. The fourth-order valence-electron chi connectivity index (χ4n) is 4.63. The first kappa shape index (κ1) is 26.7. The van der Waals surface area contributed by atoms with E-state index < -0.39 is 28.7 Å². The number of benzene rings is 3. The quantitative estimate of drug-likeness (QED) is 0.224. The molecule has 39 heavy (non-hydrogen) atoms. The minimum atomic E-state index is -0.799. The third kappa shape index (κ3) is 5.35. The molecular weight excluding hydrogens is 541 g/mol. The number of carbonyl (C=O) groups is 2. The van der Waals surface area contributed by atoms with Gasteiger partial charge in [0.2, 0.25) is 0 Å². The van der Waals surface area contributed by atoms with Gasteiger partial charge in [0.25, 0.3) is 0 Å². The number of halogens is 2. The zero-order chi connectivity index (χ0) is 27.7. The van der Waals surface area contributed by atoms with Crippen molar-refractivity contribution >= 4 is 40.7 Å². The number of rotatable bonds is 8. The van der Waals surface area contributed by atoms with E-state index in [0.29, 0.717) is 39.6 Å². The molecule has 4 aromatic rings. The van der Waals surface area contributed by atoms with E-state index in [2.05, 4.69) is 5.32 Å². The van der Waals surface area contributed by atoms with E-state index in [0.717, 1.165) is 28.0 Å². The van der Waals surface area contributed by atoms with Crippen molar-refractivity contribution in [3.8, 4) is 27.3 Å². The number of nitrogens with one attached hydrogen (secondary N) is 1. The largest absolute Gasteiger partial charge is 0.496 e. The molecule has 5 rings (SSSR count). The van der Waals surface area contributed by atoms with Gasteiger partial charge in [-0.2, -0.15) is 4.39 Å². The number of thiophene rings is 1. The van der Waals surface area contributed by atoms with Crippen LogP contribution in [-0.2, 0) is 14.9 Å². The van der Waals surface area contributed by atoms with E-state index in [9.17, 15) is 19.1 Å². The first-order valence-corrected chi connectivity index (χ1v) is 13.5. The topological polar surface area (TPSA) is 84.9 Å². The maximum Gasteiger partial charge on any atom is 0.412 e. The molecule has 0 saturated heterocycles. The van der Waals surface area contributed by atoms with Crippen LogP contribution in [0.2, 0.25) is 5.02 Å². The smallest absolute Gasteiger partial charge is 0.412 e. The molecule has 9 heteroatoms. The Morgan fingerprint density at radius 2 is 1.74 bits per heavy atom. The molecule has 1 saturated carbocycles. The van der Waals surface area contributed by atoms with E-state index in [1.54, 1.807) is 44.4 Å². The molecule has 1 aromatic heterocycles. The summed E-state index contributed by atoms with van der Waals surface area (Å²) in [5, 5.41) is 12.2. The van der Waals surface area contributed by atoms with E-state index in [1.807, 2.05) is 36.4 Å². The number of ether oxygens (including phenoxy) is 2. The standard InChI is InChI=1S/C30H25ClFNO5S/c1-17(21-5-3-4-6-23(21)31)38-29(36)33-24-16-26(32)39-27(24)19-9-12-22(25(15-19)37-2)18-7-10-20(11-8-18)30(13-14-30)28(34)35/h3-12,15-17H,13-14H2,1-2H3,(H,33,36)(H,34,35)/t17-/m1/s1. The van der Waals surface area contributed by atoms with Crippen molar-refractivity contribution < 1.29 is 28.6 Å². The molecule has 0 bridgehead atoms. The van der Waals surface area contributed by atoms with Crippen LogP contribution in [0.1, 0.15) is 37.0 Å². The first-order chi connectivity index (χ1) is 18.7. The number of carboxylic acids is 1. The Morgan fingerprint density at radius 3 is 2.38 bits per heavy atom. The predicted octanol–water partition coefficient (Wildman–Crippen LogP) is 8.31. The fraction of sp³-hybridized carbons (Fsp3) is 0.200. The Balaban J connectivity index is 1.37. The number of methoxy groups -OCH3 is 1. The van der Waals surface area contributed by atoms with Crippen molar-refractivity contribution in [3.63, 3.8) is 0 Å². The van der Waals surface area contributed by atoms with Crippen molar-refractivity contribution in [3.05, 3.63) is 94.1 Å². The lowest BCUT2D eigenvalue weighted by atomic mass is 9.93. The van der Waals surface area contributed by atoms with Gasteiger partial charge in [0.05, 0.1) is 23.1 Å². The van der Waals surface area contributed by atoms with Crippen molar-refractivity contribution in [2.75, 3.05) is 12.4 Å². The van der Waals surface area contributed by atoms with Crippen LogP contribution in [0.3, 0.4) is 0 Å². The van der Waals surface area contributed by atoms with Gasteiger partial charge in [-0.25, -0.2) is 4.79 Å². The molecule has 2 N–H and O–H groups in total. The molecule has 1 heterocycles. The van der Waals surface area contributed by atoms with Gasteiger partial charge in [0.1, 0.15) is 11.9 Å². The van der Waals surface area contributed by atoms with Crippen LogP contribution in [0.15, 0.2) is 72.8 Å². The van der Waals surface area contributed by atoms with Gasteiger partial charge in [-0.3, -0.25) is 10.1 Å². The molecule has 1 fully saturated rings. The SMILES string of the molecule is COc1cc(-c2sc(F)cc2NC(=O)O[C@H](C)c2ccccc2Cl)ccc1-c1ccc(C2(C(=O)O)CC2)cc1. The van der Waals surface area contributed by atoms with Crippen LogP contribution in [0.4, 0.5) is 14.9 Å². The number of amides is 1. The second kappa shape index (κ2) is 10.7. The van der Waals surface area contributed by atoms with E-state index >= 15 is 0 Å². The van der Waals surface area contributed by atoms with E-state index in [1.165, 1.54) is 6.07 Å². The molecule has 200 valence electrons. The number of hydrogen-bond acceptors (Lipinski definition) is 5. The summed E-state index contributed by atoms with van der Waals surface area (Å²) in [5.41, 5.74) is 3.26. The summed E-state index contributed by atoms with van der Waals surface area (Å²) in [6.45, 7) is 1.71. The van der Waals surface area contributed by atoms with Gasteiger partial charge >= 0.3 is 12.1 Å². The Hall–Kier alpha value is -3.88. The molecule has 0 aliphatic heterocycles. The Labute approximate surface area is 234 Å². The molecule has 1 aliphatic rings. The number of anilines is 1. The van der Waals surface area contributed by atoms with Gasteiger partial charge in [-0.05, 0) is 48.6 Å². The number of carboxylic acid groups (broad SMARTS) is 1. The summed E-state index contributed by atoms with van der Waals surface area (Å²) in [5.74, 6) is -0.249. The lowest BCUT2D eigenvalue weighted by Crippen LogP contribution is -2.19. The summed E-state index contributed by atoms with van der Waals surface area (Å²) in [4.78, 5) is 24.8. The third-order valence-electron chi connectivity index (χ3n) is 6.94. The van der Waals surface area contributed by atoms with Gasteiger partial charge in [0, 0.05) is 22.2 Å². The van der Waals surface area contributed by atoms with E-state index in [-0.39, 0.29) is 5.69 Å². The summed E-state index contributed by atoms with van der Waals surface area (Å²) >= 11 is 7.10. The van der Waals surface area contributed by atoms with Crippen molar-refractivity contribution in [2.45, 2.75) is 31.3 Å². The van der Waals surface area contributed by atoms with E-state index in [4.69, 9.17) is 21.1 Å². The maximum absolute atomic E-state index is 14.4. The zero-order valence-corrected chi connectivity index (χ0v) is 22.7. The maximum atomic E-state index is 14.4. The summed E-state index contributed by atoms with van der Waals surface area (Å²) in [6.07, 6.45) is -0.0681. The molecule has 6 nitrogen and oxygen atoms in total. The second-order valence-corrected chi connectivity index (χ2v) is 10.8. The highest BCUT2D eigenvalue weighted by Gasteiger charge is 2.51. The van der Waals surface area contributed by atoms with Gasteiger partial charge < -0.3 is 14.6 Å². The predicted molar refractivity (Wildman–Crippen MR) is 150 cm³/mol. The Morgan fingerprint density at radius 1 is 1.05 bits per heavy atom. The van der Waals surface area contributed by atoms with Crippen LogP contribution in [0.5, 0.6) is 5.75 Å². The highest BCUT2D eigenvalue weighted by Crippen LogP contribution is 2.49. The third-order valence-corrected chi connectivity index (χ3v) is 8.25. The minimum absolute atomic E-state index is 0.274. The van der Waals surface area contributed by atoms with Gasteiger partial charge in [0.15, 0.2) is 5.13 Å². The van der Waals surface area contributed by atoms with Gasteiger partial charge in [-0.1, -0.05) is 66.2 Å².